The Balaban J connectivity index is 1.63. The zero-order chi connectivity index (χ0) is 13.5. The molecular formula is C17H32N2. The molecule has 1 heterocycles. The van der Waals surface area contributed by atoms with Crippen molar-refractivity contribution in [1.82, 2.24) is 10.2 Å². The van der Waals surface area contributed by atoms with Crippen LogP contribution in [-0.2, 0) is 0 Å². The third-order valence-electron chi connectivity index (χ3n) is 5.60. The SMILES string of the molecule is CC1CC(C)(C)CC1N(CC1CCCNC1)C1CC1. The van der Waals surface area contributed by atoms with Crippen molar-refractivity contribution in [3.8, 4) is 0 Å². The Kier molecular flexibility index (Phi) is 3.92. The molecule has 3 atom stereocenters. The summed E-state index contributed by atoms with van der Waals surface area (Å²) >= 11 is 0. The molecule has 3 unspecified atom stereocenters. The lowest BCUT2D eigenvalue weighted by atomic mass is 9.91. The van der Waals surface area contributed by atoms with Gasteiger partial charge in [-0.1, -0.05) is 20.8 Å². The van der Waals surface area contributed by atoms with Gasteiger partial charge < -0.3 is 5.32 Å². The topological polar surface area (TPSA) is 15.3 Å². The van der Waals surface area contributed by atoms with Crippen LogP contribution < -0.4 is 5.32 Å². The van der Waals surface area contributed by atoms with Crippen molar-refractivity contribution in [2.45, 2.75) is 71.4 Å². The van der Waals surface area contributed by atoms with Crippen LogP contribution in [0.5, 0.6) is 0 Å². The molecule has 3 rings (SSSR count). The van der Waals surface area contributed by atoms with Gasteiger partial charge in [0.05, 0.1) is 0 Å². The van der Waals surface area contributed by atoms with E-state index in [1.54, 1.807) is 0 Å². The van der Waals surface area contributed by atoms with Crippen molar-refractivity contribution in [1.29, 1.82) is 0 Å². The molecule has 0 amide bonds. The first-order valence-electron chi connectivity index (χ1n) is 8.52. The van der Waals surface area contributed by atoms with E-state index in [-0.39, 0.29) is 0 Å². The van der Waals surface area contributed by atoms with E-state index in [0.717, 1.165) is 23.9 Å². The molecule has 0 bridgehead atoms. The lowest BCUT2D eigenvalue weighted by Crippen LogP contribution is -2.45. The molecule has 2 aliphatic carbocycles. The Morgan fingerprint density at radius 3 is 2.47 bits per heavy atom. The van der Waals surface area contributed by atoms with Gasteiger partial charge in [-0.25, -0.2) is 0 Å². The minimum atomic E-state index is 0.571. The molecule has 0 aromatic carbocycles. The van der Waals surface area contributed by atoms with Gasteiger partial charge in [-0.05, 0) is 68.9 Å². The fourth-order valence-corrected chi connectivity index (χ4v) is 4.64. The first-order chi connectivity index (χ1) is 9.05. The van der Waals surface area contributed by atoms with E-state index in [2.05, 4.69) is 31.0 Å². The minimum absolute atomic E-state index is 0.571. The summed E-state index contributed by atoms with van der Waals surface area (Å²) in [5.74, 6) is 1.80. The zero-order valence-electron chi connectivity index (χ0n) is 13.1. The maximum absolute atomic E-state index is 3.59. The second-order valence-corrected chi connectivity index (χ2v) is 8.26. The predicted octanol–water partition coefficient (Wildman–Crippen LogP) is 3.28. The van der Waals surface area contributed by atoms with Crippen molar-refractivity contribution >= 4 is 0 Å². The van der Waals surface area contributed by atoms with Gasteiger partial charge >= 0.3 is 0 Å². The van der Waals surface area contributed by atoms with Crippen molar-refractivity contribution in [3.05, 3.63) is 0 Å². The van der Waals surface area contributed by atoms with E-state index in [9.17, 15) is 0 Å². The quantitative estimate of drug-likeness (QED) is 0.838. The summed E-state index contributed by atoms with van der Waals surface area (Å²) in [5.41, 5.74) is 0.571. The number of hydrogen-bond donors (Lipinski definition) is 1. The summed E-state index contributed by atoms with van der Waals surface area (Å²) in [6.07, 6.45) is 8.60. The lowest BCUT2D eigenvalue weighted by Gasteiger charge is -2.36. The maximum Gasteiger partial charge on any atom is 0.0129 e. The van der Waals surface area contributed by atoms with Crippen LogP contribution in [0.4, 0.5) is 0 Å². The van der Waals surface area contributed by atoms with E-state index < -0.39 is 0 Å². The molecule has 1 N–H and O–H groups in total. The monoisotopic (exact) mass is 264 g/mol. The predicted molar refractivity (Wildman–Crippen MR) is 81.3 cm³/mol. The lowest BCUT2D eigenvalue weighted by molar-refractivity contribution is 0.119. The molecule has 3 fully saturated rings. The average Bonchev–Trinajstić information content (AvgIpc) is 3.14. The number of nitrogens with zero attached hydrogens (tertiary/aromatic N) is 1. The molecule has 2 nitrogen and oxygen atoms in total. The highest BCUT2D eigenvalue weighted by molar-refractivity contribution is 4.98. The Morgan fingerprint density at radius 2 is 1.95 bits per heavy atom. The first-order valence-corrected chi connectivity index (χ1v) is 8.52. The van der Waals surface area contributed by atoms with Gasteiger partial charge in [-0.3, -0.25) is 4.90 Å². The van der Waals surface area contributed by atoms with E-state index in [0.29, 0.717) is 5.41 Å². The van der Waals surface area contributed by atoms with E-state index in [4.69, 9.17) is 0 Å². The Labute approximate surface area is 119 Å². The second-order valence-electron chi connectivity index (χ2n) is 8.26. The third-order valence-corrected chi connectivity index (χ3v) is 5.60. The van der Waals surface area contributed by atoms with E-state index in [1.165, 1.54) is 58.2 Å². The summed E-state index contributed by atoms with van der Waals surface area (Å²) in [5, 5.41) is 3.59. The summed E-state index contributed by atoms with van der Waals surface area (Å²) in [4.78, 5) is 2.93. The number of nitrogens with one attached hydrogen (secondary N) is 1. The summed E-state index contributed by atoms with van der Waals surface area (Å²) < 4.78 is 0. The molecule has 2 saturated carbocycles. The smallest absolute Gasteiger partial charge is 0.0129 e. The van der Waals surface area contributed by atoms with Crippen LogP contribution in [0.3, 0.4) is 0 Å². The first kappa shape index (κ1) is 13.9. The third kappa shape index (κ3) is 3.33. The normalized spacial score (nSPS) is 38.8. The summed E-state index contributed by atoms with van der Waals surface area (Å²) in [7, 11) is 0. The van der Waals surface area contributed by atoms with Crippen LogP contribution >= 0.6 is 0 Å². The summed E-state index contributed by atoms with van der Waals surface area (Å²) in [6, 6.07) is 1.80. The van der Waals surface area contributed by atoms with Gasteiger partial charge in [-0.15, -0.1) is 0 Å². The van der Waals surface area contributed by atoms with Crippen LogP contribution in [-0.4, -0.2) is 36.6 Å². The molecule has 2 heteroatoms. The van der Waals surface area contributed by atoms with Gasteiger partial charge in [0, 0.05) is 18.6 Å². The van der Waals surface area contributed by atoms with Gasteiger partial charge in [0.2, 0.25) is 0 Å². The summed E-state index contributed by atoms with van der Waals surface area (Å²) in [6.45, 7) is 11.3. The molecule has 0 aromatic heterocycles. The fraction of sp³-hybridized carbons (Fsp3) is 1.00. The standard InChI is InChI=1S/C17H32N2/c1-13-9-17(2,3)10-16(13)19(15-6-7-15)12-14-5-4-8-18-11-14/h13-16,18H,4-12H2,1-3H3. The van der Waals surface area contributed by atoms with Crippen molar-refractivity contribution in [2.75, 3.05) is 19.6 Å². The van der Waals surface area contributed by atoms with Gasteiger partial charge in [0.15, 0.2) is 0 Å². The number of rotatable bonds is 4. The highest BCUT2D eigenvalue weighted by Gasteiger charge is 2.44. The molecular weight excluding hydrogens is 232 g/mol. The molecule has 3 aliphatic rings. The number of hydrogen-bond acceptors (Lipinski definition) is 2. The van der Waals surface area contributed by atoms with Crippen LogP contribution in [0.2, 0.25) is 0 Å². The van der Waals surface area contributed by atoms with Gasteiger partial charge in [-0.2, -0.15) is 0 Å². The van der Waals surface area contributed by atoms with E-state index in [1.807, 2.05) is 0 Å². The van der Waals surface area contributed by atoms with Crippen LogP contribution in [0, 0.1) is 17.3 Å². The Morgan fingerprint density at radius 1 is 1.16 bits per heavy atom. The fourth-order valence-electron chi connectivity index (χ4n) is 4.64. The molecule has 1 saturated heterocycles. The Hall–Kier alpha value is -0.0800. The molecule has 19 heavy (non-hydrogen) atoms. The van der Waals surface area contributed by atoms with Crippen LogP contribution in [0.1, 0.15) is 59.3 Å². The Bertz CT molecular complexity index is 302. The van der Waals surface area contributed by atoms with E-state index >= 15 is 0 Å². The van der Waals surface area contributed by atoms with Gasteiger partial charge in [0.25, 0.3) is 0 Å². The van der Waals surface area contributed by atoms with Crippen molar-refractivity contribution < 1.29 is 0 Å². The zero-order valence-corrected chi connectivity index (χ0v) is 13.1. The molecule has 0 radical (unpaired) electrons. The van der Waals surface area contributed by atoms with Gasteiger partial charge in [0.1, 0.15) is 0 Å². The van der Waals surface area contributed by atoms with Crippen LogP contribution in [0.15, 0.2) is 0 Å². The molecule has 0 aromatic rings. The second kappa shape index (κ2) is 5.37. The highest BCUT2D eigenvalue weighted by Crippen LogP contribution is 2.46. The molecule has 0 spiro atoms. The molecule has 110 valence electrons. The highest BCUT2D eigenvalue weighted by atomic mass is 15.2. The minimum Gasteiger partial charge on any atom is -0.316 e. The molecule has 1 aliphatic heterocycles. The van der Waals surface area contributed by atoms with Crippen LogP contribution in [0.25, 0.3) is 0 Å². The van der Waals surface area contributed by atoms with Crippen molar-refractivity contribution in [3.63, 3.8) is 0 Å². The average molecular weight is 264 g/mol. The number of piperidine rings is 1. The van der Waals surface area contributed by atoms with Crippen molar-refractivity contribution in [2.24, 2.45) is 17.3 Å². The maximum atomic E-state index is 3.59. The largest absolute Gasteiger partial charge is 0.316 e.